The molecule has 0 aliphatic rings. The molecule has 1 heterocycles. The standard InChI is InChI=1S/C17H23N3O2S2/c1-5-14(22-13-8-6-7-12(4)9-13)15(21)18-16-19-20-17(24-16)23-10-11(2)3/h6-9,11,14H,5,10H2,1-4H3,(H,18,19,21). The van der Waals surface area contributed by atoms with Gasteiger partial charge in [-0.3, -0.25) is 10.1 Å². The van der Waals surface area contributed by atoms with E-state index < -0.39 is 6.10 Å². The Morgan fingerprint density at radius 3 is 2.83 bits per heavy atom. The van der Waals surface area contributed by atoms with Crippen molar-refractivity contribution in [3.8, 4) is 5.75 Å². The zero-order chi connectivity index (χ0) is 17.5. The third kappa shape index (κ3) is 5.79. The molecule has 2 rings (SSSR count). The fraction of sp³-hybridized carbons (Fsp3) is 0.471. The van der Waals surface area contributed by atoms with Crippen LogP contribution in [0.5, 0.6) is 5.75 Å². The van der Waals surface area contributed by atoms with Crippen LogP contribution in [-0.4, -0.2) is 28.0 Å². The van der Waals surface area contributed by atoms with Gasteiger partial charge in [-0.1, -0.05) is 56.0 Å². The van der Waals surface area contributed by atoms with Gasteiger partial charge in [0.25, 0.3) is 5.91 Å². The van der Waals surface area contributed by atoms with Gasteiger partial charge in [0.05, 0.1) is 0 Å². The van der Waals surface area contributed by atoms with Crippen LogP contribution >= 0.6 is 23.1 Å². The summed E-state index contributed by atoms with van der Waals surface area (Å²) < 4.78 is 6.67. The lowest BCUT2D eigenvalue weighted by Crippen LogP contribution is -2.32. The molecule has 0 spiro atoms. The van der Waals surface area contributed by atoms with E-state index in [1.165, 1.54) is 11.3 Å². The van der Waals surface area contributed by atoms with Gasteiger partial charge in [-0.25, -0.2) is 0 Å². The van der Waals surface area contributed by atoms with Crippen molar-refractivity contribution in [2.75, 3.05) is 11.1 Å². The van der Waals surface area contributed by atoms with E-state index in [1.807, 2.05) is 38.1 Å². The zero-order valence-corrected chi connectivity index (χ0v) is 16.0. The Bertz CT molecular complexity index is 673. The number of nitrogens with zero attached hydrogens (tertiary/aromatic N) is 2. The van der Waals surface area contributed by atoms with Crippen molar-refractivity contribution in [3.05, 3.63) is 29.8 Å². The van der Waals surface area contributed by atoms with E-state index in [2.05, 4.69) is 29.4 Å². The Morgan fingerprint density at radius 1 is 1.38 bits per heavy atom. The summed E-state index contributed by atoms with van der Waals surface area (Å²) in [5, 5.41) is 11.4. The molecule has 1 aromatic heterocycles. The number of benzene rings is 1. The molecule has 1 atom stereocenters. The SMILES string of the molecule is CCC(Oc1cccc(C)c1)C(=O)Nc1nnc(SCC(C)C)s1. The molecule has 0 bridgehead atoms. The van der Waals surface area contributed by atoms with Crippen LogP contribution in [0.15, 0.2) is 28.6 Å². The lowest BCUT2D eigenvalue weighted by atomic mass is 10.2. The topological polar surface area (TPSA) is 64.1 Å². The fourth-order valence-electron chi connectivity index (χ4n) is 1.92. The van der Waals surface area contributed by atoms with E-state index in [-0.39, 0.29) is 5.91 Å². The minimum atomic E-state index is -0.553. The number of thioether (sulfide) groups is 1. The summed E-state index contributed by atoms with van der Waals surface area (Å²) in [6.07, 6.45) is 0.0236. The molecule has 0 radical (unpaired) electrons. The third-order valence-electron chi connectivity index (χ3n) is 3.11. The average molecular weight is 366 g/mol. The van der Waals surface area contributed by atoms with Crippen molar-refractivity contribution in [1.82, 2.24) is 10.2 Å². The number of hydrogen-bond donors (Lipinski definition) is 1. The number of carbonyl (C=O) groups excluding carboxylic acids is 1. The third-order valence-corrected chi connectivity index (χ3v) is 5.51. The molecule has 2 aromatic rings. The van der Waals surface area contributed by atoms with E-state index in [9.17, 15) is 4.79 Å². The Hall–Kier alpha value is -1.60. The molecule has 130 valence electrons. The molecule has 0 aliphatic carbocycles. The van der Waals surface area contributed by atoms with Crippen LogP contribution in [0, 0.1) is 12.8 Å². The second kappa shape index (κ2) is 9.03. The molecule has 5 nitrogen and oxygen atoms in total. The van der Waals surface area contributed by atoms with Gasteiger partial charge in [-0.2, -0.15) is 0 Å². The van der Waals surface area contributed by atoms with Crippen LogP contribution in [0.3, 0.4) is 0 Å². The van der Waals surface area contributed by atoms with Gasteiger partial charge in [-0.05, 0) is 37.0 Å². The van der Waals surface area contributed by atoms with E-state index >= 15 is 0 Å². The second-order valence-electron chi connectivity index (χ2n) is 5.90. The summed E-state index contributed by atoms with van der Waals surface area (Å²) in [5.74, 6) is 2.07. The summed E-state index contributed by atoms with van der Waals surface area (Å²) in [5.41, 5.74) is 1.10. The highest BCUT2D eigenvalue weighted by Crippen LogP contribution is 2.27. The first-order chi connectivity index (χ1) is 11.5. The quantitative estimate of drug-likeness (QED) is 0.555. The average Bonchev–Trinajstić information content (AvgIpc) is 2.98. The molecule has 7 heteroatoms. The Morgan fingerprint density at radius 2 is 2.17 bits per heavy atom. The predicted molar refractivity (Wildman–Crippen MR) is 100.0 cm³/mol. The molecule has 1 unspecified atom stereocenters. The lowest BCUT2D eigenvalue weighted by Gasteiger charge is -2.16. The van der Waals surface area contributed by atoms with E-state index in [1.54, 1.807) is 11.8 Å². The van der Waals surface area contributed by atoms with Crippen molar-refractivity contribution in [2.45, 2.75) is 44.6 Å². The summed E-state index contributed by atoms with van der Waals surface area (Å²) in [7, 11) is 0. The molecule has 0 aliphatic heterocycles. The number of nitrogens with one attached hydrogen (secondary N) is 1. The second-order valence-corrected chi connectivity index (χ2v) is 8.14. The molecule has 1 amide bonds. The number of anilines is 1. The van der Waals surface area contributed by atoms with Gasteiger partial charge >= 0.3 is 0 Å². The van der Waals surface area contributed by atoms with Crippen LogP contribution in [-0.2, 0) is 4.79 Å². The van der Waals surface area contributed by atoms with Crippen molar-refractivity contribution >= 4 is 34.1 Å². The smallest absolute Gasteiger partial charge is 0.267 e. The Kier molecular flexibility index (Phi) is 7.05. The molecule has 0 fully saturated rings. The zero-order valence-electron chi connectivity index (χ0n) is 14.4. The number of hydrogen-bond acceptors (Lipinski definition) is 6. The summed E-state index contributed by atoms with van der Waals surface area (Å²) in [6, 6.07) is 7.68. The molecular weight excluding hydrogens is 342 g/mol. The highest BCUT2D eigenvalue weighted by atomic mass is 32.2. The van der Waals surface area contributed by atoms with Gasteiger partial charge in [-0.15, -0.1) is 10.2 Å². The minimum Gasteiger partial charge on any atom is -0.481 e. The maximum absolute atomic E-state index is 12.4. The number of amides is 1. The monoisotopic (exact) mass is 365 g/mol. The first-order valence-corrected chi connectivity index (χ1v) is 9.78. The number of ether oxygens (including phenoxy) is 1. The number of aromatic nitrogens is 2. The van der Waals surface area contributed by atoms with Crippen LogP contribution in [0.2, 0.25) is 0 Å². The molecule has 0 saturated heterocycles. The predicted octanol–water partition coefficient (Wildman–Crippen LogP) is 4.39. The number of aryl methyl sites for hydroxylation is 1. The van der Waals surface area contributed by atoms with Gasteiger partial charge < -0.3 is 4.74 Å². The van der Waals surface area contributed by atoms with E-state index in [4.69, 9.17) is 4.74 Å². The largest absolute Gasteiger partial charge is 0.481 e. The molecule has 1 aromatic carbocycles. The van der Waals surface area contributed by atoms with Crippen molar-refractivity contribution in [3.63, 3.8) is 0 Å². The van der Waals surface area contributed by atoms with Gasteiger partial charge in [0.2, 0.25) is 5.13 Å². The highest BCUT2D eigenvalue weighted by molar-refractivity contribution is 8.01. The maximum Gasteiger partial charge on any atom is 0.267 e. The molecule has 1 N–H and O–H groups in total. The van der Waals surface area contributed by atoms with Crippen LogP contribution < -0.4 is 10.1 Å². The first-order valence-electron chi connectivity index (χ1n) is 7.98. The van der Waals surface area contributed by atoms with Gasteiger partial charge in [0.15, 0.2) is 10.4 Å². The molecule has 0 saturated carbocycles. The fourth-order valence-corrected chi connectivity index (χ4v) is 3.65. The first kappa shape index (κ1) is 18.7. The van der Waals surface area contributed by atoms with Crippen LogP contribution in [0.4, 0.5) is 5.13 Å². The Labute approximate surface area is 151 Å². The highest BCUT2D eigenvalue weighted by Gasteiger charge is 2.20. The van der Waals surface area contributed by atoms with Gasteiger partial charge in [0.1, 0.15) is 5.75 Å². The van der Waals surface area contributed by atoms with Crippen LogP contribution in [0.25, 0.3) is 0 Å². The summed E-state index contributed by atoms with van der Waals surface area (Å²) in [4.78, 5) is 12.4. The lowest BCUT2D eigenvalue weighted by molar-refractivity contribution is -0.122. The minimum absolute atomic E-state index is 0.199. The Balaban J connectivity index is 1.94. The normalized spacial score (nSPS) is 12.2. The summed E-state index contributed by atoms with van der Waals surface area (Å²) >= 11 is 3.05. The maximum atomic E-state index is 12.4. The molecule has 24 heavy (non-hydrogen) atoms. The van der Waals surface area contributed by atoms with Crippen LogP contribution in [0.1, 0.15) is 32.8 Å². The van der Waals surface area contributed by atoms with Gasteiger partial charge in [0, 0.05) is 5.75 Å². The van der Waals surface area contributed by atoms with Crippen molar-refractivity contribution in [2.24, 2.45) is 5.92 Å². The number of carbonyl (C=O) groups is 1. The summed E-state index contributed by atoms with van der Waals surface area (Å²) in [6.45, 7) is 8.23. The van der Waals surface area contributed by atoms with E-state index in [0.717, 1.165) is 15.7 Å². The van der Waals surface area contributed by atoms with Crippen molar-refractivity contribution < 1.29 is 9.53 Å². The molecular formula is C17H23N3O2S2. The van der Waals surface area contributed by atoms with E-state index in [0.29, 0.717) is 23.2 Å². The van der Waals surface area contributed by atoms with Crippen molar-refractivity contribution in [1.29, 1.82) is 0 Å². The number of rotatable bonds is 8.